The van der Waals surface area contributed by atoms with Gasteiger partial charge in [0.05, 0.1) is 0 Å². The van der Waals surface area contributed by atoms with Gasteiger partial charge in [0.2, 0.25) is 5.91 Å². The molecular formula is C31H38N2O3. The predicted molar refractivity (Wildman–Crippen MR) is 145 cm³/mol. The minimum absolute atomic E-state index is 0.147. The van der Waals surface area contributed by atoms with Crippen molar-refractivity contribution in [2.24, 2.45) is 0 Å². The Morgan fingerprint density at radius 2 is 1.47 bits per heavy atom. The van der Waals surface area contributed by atoms with E-state index in [1.54, 1.807) is 4.90 Å². The Morgan fingerprint density at radius 3 is 2.06 bits per heavy atom. The van der Waals surface area contributed by atoms with Gasteiger partial charge < -0.3 is 15.0 Å². The van der Waals surface area contributed by atoms with E-state index in [1.807, 2.05) is 107 Å². The molecule has 5 nitrogen and oxygen atoms in total. The van der Waals surface area contributed by atoms with Crippen LogP contribution >= 0.6 is 0 Å². The molecule has 0 bridgehead atoms. The molecule has 0 aliphatic rings. The van der Waals surface area contributed by atoms with E-state index in [0.717, 1.165) is 23.1 Å². The summed E-state index contributed by atoms with van der Waals surface area (Å²) in [4.78, 5) is 28.8. The van der Waals surface area contributed by atoms with Crippen LogP contribution in [0.3, 0.4) is 0 Å². The van der Waals surface area contributed by atoms with Gasteiger partial charge in [0.15, 0.2) is 6.61 Å². The molecule has 3 aromatic carbocycles. The zero-order valence-corrected chi connectivity index (χ0v) is 22.1. The van der Waals surface area contributed by atoms with E-state index >= 15 is 0 Å². The van der Waals surface area contributed by atoms with E-state index in [-0.39, 0.29) is 18.4 Å². The van der Waals surface area contributed by atoms with E-state index in [4.69, 9.17) is 4.74 Å². The number of hydrogen-bond donors (Lipinski definition) is 1. The standard InChI is InChI=1S/C31H38N2O3/c1-6-24-16-18-27(19-17-24)36-22-29(34)33(21-26-14-12-23(2)13-15-26)28(30(35)32-31(3,4)5)20-25-10-8-7-9-11-25/h7-19,28H,6,20-22H2,1-5H3,(H,32,35)/t28-/m0/s1. The van der Waals surface area contributed by atoms with Crippen LogP contribution in [0.25, 0.3) is 0 Å². The number of benzene rings is 3. The summed E-state index contributed by atoms with van der Waals surface area (Å²) < 4.78 is 5.86. The lowest BCUT2D eigenvalue weighted by Crippen LogP contribution is -2.55. The lowest BCUT2D eigenvalue weighted by Gasteiger charge is -2.33. The Labute approximate surface area is 215 Å². The molecule has 0 unspecified atom stereocenters. The summed E-state index contributed by atoms with van der Waals surface area (Å²) in [6.45, 7) is 10.1. The van der Waals surface area contributed by atoms with Crippen molar-refractivity contribution < 1.29 is 14.3 Å². The average Bonchev–Trinajstić information content (AvgIpc) is 2.85. The molecule has 0 fully saturated rings. The molecule has 5 heteroatoms. The Bertz CT molecular complexity index is 1120. The minimum atomic E-state index is -0.688. The highest BCUT2D eigenvalue weighted by molar-refractivity contribution is 5.89. The second-order valence-electron chi connectivity index (χ2n) is 10.2. The molecule has 36 heavy (non-hydrogen) atoms. The number of rotatable bonds is 10. The first-order chi connectivity index (χ1) is 17.1. The van der Waals surface area contributed by atoms with Crippen LogP contribution in [0.1, 0.15) is 49.9 Å². The Hall–Kier alpha value is -3.60. The van der Waals surface area contributed by atoms with Crippen LogP contribution in [0.5, 0.6) is 5.75 Å². The van der Waals surface area contributed by atoms with Crippen LogP contribution in [-0.4, -0.2) is 34.9 Å². The van der Waals surface area contributed by atoms with E-state index in [0.29, 0.717) is 18.7 Å². The van der Waals surface area contributed by atoms with Gasteiger partial charge in [0, 0.05) is 18.5 Å². The quantitative estimate of drug-likeness (QED) is 0.412. The monoisotopic (exact) mass is 486 g/mol. The van der Waals surface area contributed by atoms with Crippen molar-refractivity contribution in [1.82, 2.24) is 10.2 Å². The largest absolute Gasteiger partial charge is 0.484 e. The molecule has 0 radical (unpaired) electrons. The molecule has 0 aliphatic heterocycles. The van der Waals surface area contributed by atoms with Gasteiger partial charge in [0.1, 0.15) is 11.8 Å². The van der Waals surface area contributed by atoms with E-state index in [2.05, 4.69) is 12.2 Å². The maximum atomic E-state index is 13.6. The van der Waals surface area contributed by atoms with Gasteiger partial charge in [-0.3, -0.25) is 9.59 Å². The van der Waals surface area contributed by atoms with E-state index in [9.17, 15) is 9.59 Å². The molecular weight excluding hydrogens is 448 g/mol. The van der Waals surface area contributed by atoms with Crippen LogP contribution < -0.4 is 10.1 Å². The van der Waals surface area contributed by atoms with E-state index < -0.39 is 11.6 Å². The van der Waals surface area contributed by atoms with Crippen molar-refractivity contribution in [2.75, 3.05) is 6.61 Å². The van der Waals surface area contributed by atoms with Crippen LogP contribution in [0, 0.1) is 6.92 Å². The van der Waals surface area contributed by atoms with Gasteiger partial charge in [-0.25, -0.2) is 0 Å². The Morgan fingerprint density at radius 1 is 0.861 bits per heavy atom. The smallest absolute Gasteiger partial charge is 0.261 e. The predicted octanol–water partition coefficient (Wildman–Crippen LogP) is 5.49. The molecule has 3 rings (SSSR count). The Balaban J connectivity index is 1.90. The lowest BCUT2D eigenvalue weighted by atomic mass is 10.0. The number of nitrogens with one attached hydrogen (secondary N) is 1. The molecule has 2 amide bonds. The van der Waals surface area contributed by atoms with Crippen molar-refractivity contribution in [3.8, 4) is 5.75 Å². The number of hydrogen-bond acceptors (Lipinski definition) is 3. The fraction of sp³-hybridized carbons (Fsp3) is 0.355. The van der Waals surface area contributed by atoms with Gasteiger partial charge in [-0.05, 0) is 62.9 Å². The van der Waals surface area contributed by atoms with Crippen molar-refractivity contribution in [3.05, 3.63) is 101 Å². The number of amides is 2. The van der Waals surface area contributed by atoms with Crippen LogP contribution in [0.2, 0.25) is 0 Å². The summed E-state index contributed by atoms with van der Waals surface area (Å²) in [5, 5.41) is 3.08. The van der Waals surface area contributed by atoms with Crippen LogP contribution in [0.4, 0.5) is 0 Å². The second-order valence-corrected chi connectivity index (χ2v) is 10.2. The fourth-order valence-corrected chi connectivity index (χ4v) is 3.95. The number of nitrogens with zero attached hydrogens (tertiary/aromatic N) is 1. The molecule has 0 saturated heterocycles. The first-order valence-corrected chi connectivity index (χ1v) is 12.6. The average molecular weight is 487 g/mol. The zero-order valence-electron chi connectivity index (χ0n) is 22.1. The highest BCUT2D eigenvalue weighted by Crippen LogP contribution is 2.18. The summed E-state index contributed by atoms with van der Waals surface area (Å²) in [5.41, 5.74) is 3.87. The third-order valence-electron chi connectivity index (χ3n) is 5.94. The first-order valence-electron chi connectivity index (χ1n) is 12.6. The SMILES string of the molecule is CCc1ccc(OCC(=O)N(Cc2ccc(C)cc2)[C@@H](Cc2ccccc2)C(=O)NC(C)(C)C)cc1. The van der Waals surface area contributed by atoms with Crippen molar-refractivity contribution in [3.63, 3.8) is 0 Å². The Kier molecular flexibility index (Phi) is 9.29. The molecule has 0 aliphatic carbocycles. The molecule has 3 aromatic rings. The van der Waals surface area contributed by atoms with Gasteiger partial charge in [0.25, 0.3) is 5.91 Å². The van der Waals surface area contributed by atoms with Crippen LogP contribution in [0.15, 0.2) is 78.9 Å². The first kappa shape index (κ1) is 27.0. The third kappa shape index (κ3) is 8.26. The fourth-order valence-electron chi connectivity index (χ4n) is 3.95. The van der Waals surface area contributed by atoms with Crippen molar-refractivity contribution in [1.29, 1.82) is 0 Å². The third-order valence-corrected chi connectivity index (χ3v) is 5.94. The highest BCUT2D eigenvalue weighted by Gasteiger charge is 2.32. The topological polar surface area (TPSA) is 58.6 Å². The summed E-state index contributed by atoms with van der Waals surface area (Å²) in [6.07, 6.45) is 1.35. The highest BCUT2D eigenvalue weighted by atomic mass is 16.5. The summed E-state index contributed by atoms with van der Waals surface area (Å²) >= 11 is 0. The maximum Gasteiger partial charge on any atom is 0.261 e. The molecule has 0 saturated carbocycles. The summed E-state index contributed by atoms with van der Waals surface area (Å²) in [7, 11) is 0. The number of carbonyl (C=O) groups is 2. The summed E-state index contributed by atoms with van der Waals surface area (Å²) in [6, 6.07) is 24.9. The van der Waals surface area contributed by atoms with Crippen molar-refractivity contribution in [2.45, 2.75) is 65.6 Å². The van der Waals surface area contributed by atoms with Gasteiger partial charge in [-0.1, -0.05) is 79.2 Å². The number of carbonyl (C=O) groups excluding carboxylic acids is 2. The second kappa shape index (κ2) is 12.4. The van der Waals surface area contributed by atoms with Crippen LogP contribution in [-0.2, 0) is 29.0 Å². The van der Waals surface area contributed by atoms with E-state index in [1.165, 1.54) is 5.56 Å². The molecule has 0 aromatic heterocycles. The van der Waals surface area contributed by atoms with Gasteiger partial charge in [-0.15, -0.1) is 0 Å². The number of aryl methyl sites for hydroxylation is 2. The summed E-state index contributed by atoms with van der Waals surface area (Å²) in [5.74, 6) is 0.217. The van der Waals surface area contributed by atoms with Crippen molar-refractivity contribution >= 4 is 11.8 Å². The molecule has 0 heterocycles. The molecule has 0 spiro atoms. The minimum Gasteiger partial charge on any atom is -0.484 e. The molecule has 1 atom stereocenters. The zero-order chi connectivity index (χ0) is 26.1. The molecule has 190 valence electrons. The van der Waals surface area contributed by atoms with Gasteiger partial charge in [-0.2, -0.15) is 0 Å². The lowest BCUT2D eigenvalue weighted by molar-refractivity contribution is -0.143. The van der Waals surface area contributed by atoms with Gasteiger partial charge >= 0.3 is 0 Å². The number of ether oxygens (including phenoxy) is 1. The maximum absolute atomic E-state index is 13.6. The normalized spacial score (nSPS) is 12.0. The molecule has 1 N–H and O–H groups in total.